The summed E-state index contributed by atoms with van der Waals surface area (Å²) >= 11 is 0. The Morgan fingerprint density at radius 1 is 1.46 bits per heavy atom. The van der Waals surface area contributed by atoms with E-state index in [0.717, 1.165) is 29.7 Å². The van der Waals surface area contributed by atoms with E-state index in [9.17, 15) is 5.11 Å². The summed E-state index contributed by atoms with van der Waals surface area (Å²) in [6, 6.07) is 5.85. The summed E-state index contributed by atoms with van der Waals surface area (Å²) in [5, 5.41) is 10.0. The van der Waals surface area contributed by atoms with E-state index in [0.29, 0.717) is 0 Å². The molecule has 2 rings (SSSR count). The van der Waals surface area contributed by atoms with Crippen molar-refractivity contribution in [2.45, 2.75) is 25.4 Å². The van der Waals surface area contributed by atoms with Crippen molar-refractivity contribution in [1.82, 2.24) is 0 Å². The van der Waals surface area contributed by atoms with Crippen LogP contribution in [0.15, 0.2) is 18.2 Å². The highest BCUT2D eigenvalue weighted by Gasteiger charge is 2.33. The summed E-state index contributed by atoms with van der Waals surface area (Å²) in [4.78, 5) is 0. The third kappa shape index (κ3) is 1.22. The van der Waals surface area contributed by atoms with Gasteiger partial charge in [-0.2, -0.15) is 0 Å². The molecular weight excluding hydrogens is 164 g/mol. The van der Waals surface area contributed by atoms with Crippen molar-refractivity contribution in [2.75, 3.05) is 7.11 Å². The standard InChI is InChI=1S/C11H14O2/c1-11(12)7-6-8-9(11)4-3-5-10(8)13-2/h3-5,12H,6-7H2,1-2H3. The van der Waals surface area contributed by atoms with E-state index in [4.69, 9.17) is 4.74 Å². The van der Waals surface area contributed by atoms with Crippen molar-refractivity contribution in [3.63, 3.8) is 0 Å². The van der Waals surface area contributed by atoms with E-state index in [2.05, 4.69) is 0 Å². The van der Waals surface area contributed by atoms with Gasteiger partial charge in [0.25, 0.3) is 0 Å². The molecule has 0 radical (unpaired) electrons. The molecule has 1 unspecified atom stereocenters. The minimum atomic E-state index is -0.663. The van der Waals surface area contributed by atoms with E-state index in [1.807, 2.05) is 25.1 Å². The maximum atomic E-state index is 10.0. The van der Waals surface area contributed by atoms with Crippen molar-refractivity contribution in [1.29, 1.82) is 0 Å². The van der Waals surface area contributed by atoms with Crippen molar-refractivity contribution in [2.24, 2.45) is 0 Å². The lowest BCUT2D eigenvalue weighted by molar-refractivity contribution is 0.0594. The van der Waals surface area contributed by atoms with E-state index in [1.165, 1.54) is 0 Å². The Labute approximate surface area is 78.2 Å². The van der Waals surface area contributed by atoms with Crippen LogP contribution in [0, 0.1) is 0 Å². The first kappa shape index (κ1) is 8.57. The second kappa shape index (κ2) is 2.74. The molecule has 70 valence electrons. The maximum absolute atomic E-state index is 10.0. The molecule has 1 N–H and O–H groups in total. The molecule has 2 heteroatoms. The summed E-state index contributed by atoms with van der Waals surface area (Å²) in [7, 11) is 1.67. The lowest BCUT2D eigenvalue weighted by Gasteiger charge is -2.17. The van der Waals surface area contributed by atoms with E-state index in [-0.39, 0.29) is 0 Å². The second-order valence-electron chi connectivity index (χ2n) is 3.76. The van der Waals surface area contributed by atoms with Crippen LogP contribution in [0.1, 0.15) is 24.5 Å². The molecule has 0 saturated carbocycles. The number of hydrogen-bond acceptors (Lipinski definition) is 2. The predicted octanol–water partition coefficient (Wildman–Crippen LogP) is 1.85. The van der Waals surface area contributed by atoms with E-state index < -0.39 is 5.60 Å². The minimum absolute atomic E-state index is 0.663. The van der Waals surface area contributed by atoms with Gasteiger partial charge in [0.15, 0.2) is 0 Å². The molecule has 0 saturated heterocycles. The van der Waals surface area contributed by atoms with Crippen molar-refractivity contribution in [3.8, 4) is 5.75 Å². The number of rotatable bonds is 1. The summed E-state index contributed by atoms with van der Waals surface area (Å²) in [5.41, 5.74) is 1.52. The molecule has 0 bridgehead atoms. The number of aliphatic hydroxyl groups is 1. The first-order valence-corrected chi connectivity index (χ1v) is 4.54. The Morgan fingerprint density at radius 3 is 2.92 bits per heavy atom. The molecule has 0 aliphatic heterocycles. The fourth-order valence-electron chi connectivity index (χ4n) is 2.02. The molecule has 0 spiro atoms. The zero-order valence-electron chi connectivity index (χ0n) is 8.00. The Kier molecular flexibility index (Phi) is 1.81. The Morgan fingerprint density at radius 2 is 2.23 bits per heavy atom. The van der Waals surface area contributed by atoms with Crippen LogP contribution in [-0.2, 0) is 12.0 Å². The average Bonchev–Trinajstić information content (AvgIpc) is 2.43. The van der Waals surface area contributed by atoms with Gasteiger partial charge in [0, 0.05) is 5.56 Å². The Balaban J connectivity index is 2.56. The van der Waals surface area contributed by atoms with Crippen LogP contribution in [0.2, 0.25) is 0 Å². The van der Waals surface area contributed by atoms with E-state index >= 15 is 0 Å². The summed E-state index contributed by atoms with van der Waals surface area (Å²) in [6.45, 7) is 1.86. The smallest absolute Gasteiger partial charge is 0.122 e. The highest BCUT2D eigenvalue weighted by molar-refractivity contribution is 5.46. The molecule has 13 heavy (non-hydrogen) atoms. The van der Waals surface area contributed by atoms with Gasteiger partial charge in [0.1, 0.15) is 5.75 Å². The van der Waals surface area contributed by atoms with Gasteiger partial charge < -0.3 is 9.84 Å². The summed E-state index contributed by atoms with van der Waals surface area (Å²) in [6.07, 6.45) is 1.70. The Bertz CT molecular complexity index is 329. The third-order valence-electron chi connectivity index (χ3n) is 2.79. The quantitative estimate of drug-likeness (QED) is 0.711. The second-order valence-corrected chi connectivity index (χ2v) is 3.76. The highest BCUT2D eigenvalue weighted by Crippen LogP contribution is 2.40. The maximum Gasteiger partial charge on any atom is 0.122 e. The summed E-state index contributed by atoms with van der Waals surface area (Å²) in [5.74, 6) is 0.898. The average molecular weight is 178 g/mol. The third-order valence-corrected chi connectivity index (χ3v) is 2.79. The molecular formula is C11H14O2. The SMILES string of the molecule is COc1cccc2c1CCC2(C)O. The van der Waals surface area contributed by atoms with Gasteiger partial charge in [0.2, 0.25) is 0 Å². The first-order valence-electron chi connectivity index (χ1n) is 4.54. The fraction of sp³-hybridized carbons (Fsp3) is 0.455. The van der Waals surface area contributed by atoms with Crippen LogP contribution >= 0.6 is 0 Å². The molecule has 0 heterocycles. The molecule has 1 atom stereocenters. The molecule has 1 aliphatic rings. The summed E-state index contributed by atoms with van der Waals surface area (Å²) < 4.78 is 5.24. The molecule has 0 fully saturated rings. The topological polar surface area (TPSA) is 29.5 Å². The normalized spacial score (nSPS) is 25.8. The van der Waals surface area contributed by atoms with Gasteiger partial charge in [-0.1, -0.05) is 12.1 Å². The van der Waals surface area contributed by atoms with Gasteiger partial charge in [0.05, 0.1) is 12.7 Å². The van der Waals surface area contributed by atoms with Crippen LogP contribution in [-0.4, -0.2) is 12.2 Å². The highest BCUT2D eigenvalue weighted by atomic mass is 16.5. The fourth-order valence-corrected chi connectivity index (χ4v) is 2.02. The predicted molar refractivity (Wildman–Crippen MR) is 50.9 cm³/mol. The van der Waals surface area contributed by atoms with Crippen LogP contribution in [0.5, 0.6) is 5.75 Å². The number of hydrogen-bond donors (Lipinski definition) is 1. The monoisotopic (exact) mass is 178 g/mol. The van der Waals surface area contributed by atoms with Gasteiger partial charge in [-0.15, -0.1) is 0 Å². The molecule has 2 nitrogen and oxygen atoms in total. The van der Waals surface area contributed by atoms with Crippen molar-refractivity contribution in [3.05, 3.63) is 29.3 Å². The molecule has 1 aliphatic carbocycles. The van der Waals surface area contributed by atoms with Crippen molar-refractivity contribution < 1.29 is 9.84 Å². The number of fused-ring (bicyclic) bond motifs is 1. The largest absolute Gasteiger partial charge is 0.496 e. The zero-order chi connectivity index (χ0) is 9.47. The van der Waals surface area contributed by atoms with Gasteiger partial charge in [-0.3, -0.25) is 0 Å². The Hall–Kier alpha value is -1.02. The van der Waals surface area contributed by atoms with Gasteiger partial charge in [-0.25, -0.2) is 0 Å². The number of methoxy groups -OCH3 is 1. The molecule has 0 aromatic heterocycles. The number of benzene rings is 1. The molecule has 1 aromatic rings. The van der Waals surface area contributed by atoms with Gasteiger partial charge >= 0.3 is 0 Å². The van der Waals surface area contributed by atoms with Crippen LogP contribution < -0.4 is 4.74 Å². The first-order chi connectivity index (χ1) is 6.15. The minimum Gasteiger partial charge on any atom is -0.496 e. The lowest BCUT2D eigenvalue weighted by atomic mass is 9.98. The van der Waals surface area contributed by atoms with Crippen molar-refractivity contribution >= 4 is 0 Å². The molecule has 1 aromatic carbocycles. The lowest BCUT2D eigenvalue weighted by Crippen LogP contribution is -2.16. The van der Waals surface area contributed by atoms with Crippen LogP contribution in [0.3, 0.4) is 0 Å². The van der Waals surface area contributed by atoms with Crippen LogP contribution in [0.25, 0.3) is 0 Å². The van der Waals surface area contributed by atoms with Crippen LogP contribution in [0.4, 0.5) is 0 Å². The van der Waals surface area contributed by atoms with E-state index in [1.54, 1.807) is 7.11 Å². The molecule has 0 amide bonds. The van der Waals surface area contributed by atoms with Gasteiger partial charge in [-0.05, 0) is 31.4 Å². The number of ether oxygens (including phenoxy) is 1. The zero-order valence-corrected chi connectivity index (χ0v) is 8.00.